The van der Waals surface area contributed by atoms with Crippen LogP contribution in [0.2, 0.25) is 0 Å². The van der Waals surface area contributed by atoms with E-state index in [1.807, 2.05) is 41.0 Å². The highest BCUT2D eigenvalue weighted by atomic mass is 32.2. The van der Waals surface area contributed by atoms with Gasteiger partial charge < -0.3 is 14.6 Å². The number of nitrogens with one attached hydrogen (secondary N) is 1. The standard InChI is InChI=1S/C19H20N4O2S/c1-14(15-7-4-3-5-8-15)23-13-20-22-19(23)26-12-18(24)21-16-9-6-10-17(11-16)25-2/h3-11,13-14H,12H2,1-2H3,(H,21,24)/t14-/m1/s1. The fraction of sp³-hybridized carbons (Fsp3) is 0.211. The summed E-state index contributed by atoms with van der Waals surface area (Å²) in [7, 11) is 1.59. The number of thioether (sulfide) groups is 1. The van der Waals surface area contributed by atoms with E-state index in [-0.39, 0.29) is 17.7 Å². The molecular weight excluding hydrogens is 348 g/mol. The van der Waals surface area contributed by atoms with Gasteiger partial charge in [-0.25, -0.2) is 0 Å². The van der Waals surface area contributed by atoms with Gasteiger partial charge in [0.1, 0.15) is 12.1 Å². The van der Waals surface area contributed by atoms with Crippen LogP contribution in [0.15, 0.2) is 66.1 Å². The van der Waals surface area contributed by atoms with Gasteiger partial charge in [0.15, 0.2) is 5.16 Å². The van der Waals surface area contributed by atoms with Crippen molar-refractivity contribution >= 4 is 23.4 Å². The Labute approximate surface area is 156 Å². The lowest BCUT2D eigenvalue weighted by Gasteiger charge is -2.15. The van der Waals surface area contributed by atoms with E-state index in [0.717, 1.165) is 5.56 Å². The first-order valence-corrected chi connectivity index (χ1v) is 9.17. The maximum absolute atomic E-state index is 12.2. The summed E-state index contributed by atoms with van der Waals surface area (Å²) in [6.07, 6.45) is 1.69. The summed E-state index contributed by atoms with van der Waals surface area (Å²) in [6.45, 7) is 2.08. The maximum Gasteiger partial charge on any atom is 0.234 e. The fourth-order valence-corrected chi connectivity index (χ4v) is 3.31. The van der Waals surface area contributed by atoms with Gasteiger partial charge in [-0.2, -0.15) is 0 Å². The molecule has 1 amide bonds. The zero-order chi connectivity index (χ0) is 18.4. The van der Waals surface area contributed by atoms with Gasteiger partial charge in [0.25, 0.3) is 0 Å². The lowest BCUT2D eigenvalue weighted by Crippen LogP contribution is -2.15. The number of nitrogens with zero attached hydrogens (tertiary/aromatic N) is 3. The summed E-state index contributed by atoms with van der Waals surface area (Å²) in [5.74, 6) is 0.842. The lowest BCUT2D eigenvalue weighted by atomic mass is 10.1. The summed E-state index contributed by atoms with van der Waals surface area (Å²) in [4.78, 5) is 12.2. The molecule has 1 aromatic heterocycles. The average Bonchev–Trinajstić information content (AvgIpc) is 3.15. The number of carbonyl (C=O) groups is 1. The number of hydrogen-bond donors (Lipinski definition) is 1. The maximum atomic E-state index is 12.2. The predicted molar refractivity (Wildman–Crippen MR) is 103 cm³/mol. The molecule has 3 rings (SSSR count). The second kappa shape index (κ2) is 8.53. The van der Waals surface area contributed by atoms with Gasteiger partial charge >= 0.3 is 0 Å². The summed E-state index contributed by atoms with van der Waals surface area (Å²) in [5.41, 5.74) is 1.86. The zero-order valence-electron chi connectivity index (χ0n) is 14.6. The Balaban J connectivity index is 1.62. The van der Waals surface area contributed by atoms with Crippen molar-refractivity contribution in [2.75, 3.05) is 18.2 Å². The minimum Gasteiger partial charge on any atom is -0.497 e. The molecule has 0 saturated heterocycles. The third-order valence-corrected chi connectivity index (χ3v) is 4.88. The van der Waals surface area contributed by atoms with E-state index >= 15 is 0 Å². The number of aromatic nitrogens is 3. The second-order valence-electron chi connectivity index (χ2n) is 5.68. The van der Waals surface area contributed by atoms with Crippen LogP contribution in [-0.2, 0) is 4.79 Å². The first-order valence-electron chi connectivity index (χ1n) is 8.18. The number of benzene rings is 2. The number of anilines is 1. The largest absolute Gasteiger partial charge is 0.497 e. The van der Waals surface area contributed by atoms with Gasteiger partial charge in [0, 0.05) is 11.8 Å². The Morgan fingerprint density at radius 1 is 1.23 bits per heavy atom. The summed E-state index contributed by atoms with van der Waals surface area (Å²) in [6, 6.07) is 17.5. The van der Waals surface area contributed by atoms with Crippen molar-refractivity contribution in [3.05, 3.63) is 66.5 Å². The van der Waals surface area contributed by atoms with Crippen LogP contribution >= 0.6 is 11.8 Å². The van der Waals surface area contributed by atoms with Crippen molar-refractivity contribution in [2.45, 2.75) is 18.1 Å². The lowest BCUT2D eigenvalue weighted by molar-refractivity contribution is -0.113. The summed E-state index contributed by atoms with van der Waals surface area (Å²) in [5, 5.41) is 11.7. The minimum atomic E-state index is -0.106. The van der Waals surface area contributed by atoms with Gasteiger partial charge in [0.05, 0.1) is 18.9 Å². The molecule has 134 valence electrons. The first-order chi connectivity index (χ1) is 12.7. The second-order valence-corrected chi connectivity index (χ2v) is 6.62. The van der Waals surface area contributed by atoms with Crippen LogP contribution in [0.4, 0.5) is 5.69 Å². The van der Waals surface area contributed by atoms with Crippen molar-refractivity contribution in [1.82, 2.24) is 14.8 Å². The number of ether oxygens (including phenoxy) is 1. The van der Waals surface area contributed by atoms with E-state index in [1.54, 1.807) is 19.5 Å². The van der Waals surface area contributed by atoms with Crippen LogP contribution in [0.5, 0.6) is 5.75 Å². The van der Waals surface area contributed by atoms with Gasteiger partial charge in [-0.05, 0) is 24.6 Å². The van der Waals surface area contributed by atoms with Crippen LogP contribution in [0, 0.1) is 0 Å². The molecule has 2 aromatic carbocycles. The Bertz CT molecular complexity index is 867. The van der Waals surface area contributed by atoms with Crippen LogP contribution in [0.3, 0.4) is 0 Å². The van der Waals surface area contributed by atoms with E-state index in [2.05, 4.69) is 34.6 Å². The molecule has 1 atom stereocenters. The molecule has 0 spiro atoms. The SMILES string of the molecule is COc1cccc(NC(=O)CSc2nncn2[C@H](C)c2ccccc2)c1. The molecule has 3 aromatic rings. The molecule has 0 fully saturated rings. The quantitative estimate of drug-likeness (QED) is 0.645. The first kappa shape index (κ1) is 18.0. The van der Waals surface area contributed by atoms with Crippen LogP contribution < -0.4 is 10.1 Å². The molecular formula is C19H20N4O2S. The molecule has 7 heteroatoms. The molecule has 0 saturated carbocycles. The van der Waals surface area contributed by atoms with Crippen molar-refractivity contribution < 1.29 is 9.53 Å². The monoisotopic (exact) mass is 368 g/mol. The predicted octanol–water partition coefficient (Wildman–Crippen LogP) is 3.63. The number of hydrogen-bond acceptors (Lipinski definition) is 5. The van der Waals surface area contributed by atoms with Gasteiger partial charge in [-0.15, -0.1) is 10.2 Å². The Kier molecular flexibility index (Phi) is 5.91. The van der Waals surface area contributed by atoms with Gasteiger partial charge in [0.2, 0.25) is 5.91 Å². The van der Waals surface area contributed by atoms with E-state index < -0.39 is 0 Å². The molecule has 6 nitrogen and oxygen atoms in total. The Morgan fingerprint density at radius 3 is 2.81 bits per heavy atom. The normalized spacial score (nSPS) is 11.8. The van der Waals surface area contributed by atoms with Crippen LogP contribution in [0.25, 0.3) is 0 Å². The molecule has 26 heavy (non-hydrogen) atoms. The van der Waals surface area contributed by atoms with E-state index in [4.69, 9.17) is 4.74 Å². The smallest absolute Gasteiger partial charge is 0.234 e. The topological polar surface area (TPSA) is 69.0 Å². The van der Waals surface area contributed by atoms with Crippen LogP contribution in [-0.4, -0.2) is 33.5 Å². The summed E-state index contributed by atoms with van der Waals surface area (Å²) >= 11 is 1.36. The van der Waals surface area contributed by atoms with E-state index in [9.17, 15) is 4.79 Å². The van der Waals surface area contributed by atoms with Crippen LogP contribution in [0.1, 0.15) is 18.5 Å². The van der Waals surface area contributed by atoms with Gasteiger partial charge in [-0.3, -0.25) is 4.79 Å². The number of amides is 1. The molecule has 0 unspecified atom stereocenters. The van der Waals surface area contributed by atoms with Gasteiger partial charge in [-0.1, -0.05) is 48.2 Å². The Morgan fingerprint density at radius 2 is 2.04 bits per heavy atom. The molecule has 0 radical (unpaired) electrons. The van der Waals surface area contributed by atoms with Crippen molar-refractivity contribution in [2.24, 2.45) is 0 Å². The fourth-order valence-electron chi connectivity index (χ4n) is 2.52. The van der Waals surface area contributed by atoms with Crippen molar-refractivity contribution in [3.63, 3.8) is 0 Å². The number of rotatable bonds is 7. The highest BCUT2D eigenvalue weighted by molar-refractivity contribution is 7.99. The molecule has 1 N–H and O–H groups in total. The number of methoxy groups -OCH3 is 1. The third-order valence-electron chi connectivity index (χ3n) is 3.93. The third kappa shape index (κ3) is 4.43. The minimum absolute atomic E-state index is 0.0927. The summed E-state index contributed by atoms with van der Waals surface area (Å²) < 4.78 is 7.13. The van der Waals surface area contributed by atoms with E-state index in [0.29, 0.717) is 16.6 Å². The molecule has 1 heterocycles. The molecule has 0 bridgehead atoms. The Hall–Kier alpha value is -2.80. The zero-order valence-corrected chi connectivity index (χ0v) is 15.4. The highest BCUT2D eigenvalue weighted by Gasteiger charge is 2.14. The average molecular weight is 368 g/mol. The van der Waals surface area contributed by atoms with E-state index in [1.165, 1.54) is 11.8 Å². The number of carbonyl (C=O) groups excluding carboxylic acids is 1. The van der Waals surface area contributed by atoms with Crippen molar-refractivity contribution in [3.8, 4) is 5.75 Å². The molecule has 0 aliphatic carbocycles. The highest BCUT2D eigenvalue weighted by Crippen LogP contribution is 2.24. The molecule has 0 aliphatic rings. The molecule has 0 aliphatic heterocycles. The van der Waals surface area contributed by atoms with Crippen molar-refractivity contribution in [1.29, 1.82) is 0 Å².